The maximum absolute atomic E-state index is 11.7. The molecule has 92 valence electrons. The quantitative estimate of drug-likeness (QED) is 0.865. The number of sulfone groups is 1. The van der Waals surface area contributed by atoms with Crippen LogP contribution in [0.5, 0.6) is 0 Å². The van der Waals surface area contributed by atoms with Gasteiger partial charge in [0.1, 0.15) is 17.6 Å². The predicted molar refractivity (Wildman–Crippen MR) is 66.9 cm³/mol. The summed E-state index contributed by atoms with van der Waals surface area (Å²) < 4.78 is 23.4. The van der Waals surface area contributed by atoms with Crippen molar-refractivity contribution in [1.29, 1.82) is 5.26 Å². The first-order valence-electron chi connectivity index (χ1n) is 5.04. The minimum atomic E-state index is -3.50. The average molecular weight is 262 g/mol. The van der Waals surface area contributed by atoms with Crippen LogP contribution in [0.15, 0.2) is 23.4 Å². The Labute approximate surface area is 104 Å². The van der Waals surface area contributed by atoms with Crippen molar-refractivity contribution in [3.05, 3.63) is 24.0 Å². The fraction of sp³-hybridized carbons (Fsp3) is 0.182. The summed E-state index contributed by atoms with van der Waals surface area (Å²) in [6.07, 6.45) is 2.58. The number of nitrogens with zero attached hydrogens (tertiary/aromatic N) is 3. The second-order valence-corrected chi connectivity index (χ2v) is 5.67. The van der Waals surface area contributed by atoms with Crippen LogP contribution in [0.2, 0.25) is 0 Å². The van der Waals surface area contributed by atoms with E-state index in [9.17, 15) is 8.42 Å². The van der Waals surface area contributed by atoms with E-state index in [0.717, 1.165) is 6.26 Å². The van der Waals surface area contributed by atoms with Gasteiger partial charge in [0.2, 0.25) is 0 Å². The van der Waals surface area contributed by atoms with Crippen LogP contribution in [0.3, 0.4) is 0 Å². The van der Waals surface area contributed by atoms with Gasteiger partial charge in [0, 0.05) is 30.3 Å². The summed E-state index contributed by atoms with van der Waals surface area (Å²) in [5.74, 6) is 0.541. The van der Waals surface area contributed by atoms with Gasteiger partial charge in [-0.3, -0.25) is 0 Å². The van der Waals surface area contributed by atoms with Gasteiger partial charge in [0.15, 0.2) is 14.9 Å². The molecule has 0 saturated carbocycles. The molecule has 6 nitrogen and oxygen atoms in total. The Morgan fingerprint density at radius 2 is 2.11 bits per heavy atom. The summed E-state index contributed by atoms with van der Waals surface area (Å²) in [5.41, 5.74) is 0.0573. The third-order valence-electron chi connectivity index (χ3n) is 2.40. The molecular weight excluding hydrogens is 252 g/mol. The SMILES string of the molecule is CNc1cc2c(S(C)(=O)=O)nc(C#N)cc2cn1. The molecule has 2 aromatic rings. The molecule has 2 heterocycles. The highest BCUT2D eigenvalue weighted by atomic mass is 32.2. The minimum absolute atomic E-state index is 0.0573. The minimum Gasteiger partial charge on any atom is -0.373 e. The van der Waals surface area contributed by atoms with Crippen molar-refractivity contribution in [2.75, 3.05) is 18.6 Å². The number of aromatic nitrogens is 2. The van der Waals surface area contributed by atoms with Crippen molar-refractivity contribution in [1.82, 2.24) is 9.97 Å². The summed E-state index contributed by atoms with van der Waals surface area (Å²) in [5, 5.41) is 12.6. The highest BCUT2D eigenvalue weighted by molar-refractivity contribution is 7.90. The molecule has 0 amide bonds. The molecule has 2 rings (SSSR count). The van der Waals surface area contributed by atoms with Gasteiger partial charge in [-0.2, -0.15) is 5.26 Å². The number of nitrogens with one attached hydrogen (secondary N) is 1. The second kappa shape index (κ2) is 4.23. The molecule has 1 N–H and O–H groups in total. The molecule has 2 aromatic heterocycles. The Balaban J connectivity index is 2.92. The Hall–Kier alpha value is -2.20. The van der Waals surface area contributed by atoms with E-state index in [0.29, 0.717) is 16.6 Å². The zero-order valence-electron chi connectivity index (χ0n) is 9.80. The van der Waals surface area contributed by atoms with E-state index in [4.69, 9.17) is 5.26 Å². The van der Waals surface area contributed by atoms with Gasteiger partial charge in [-0.15, -0.1) is 0 Å². The largest absolute Gasteiger partial charge is 0.373 e. The molecule has 0 aliphatic rings. The van der Waals surface area contributed by atoms with E-state index in [1.54, 1.807) is 13.1 Å². The average Bonchev–Trinajstić information content (AvgIpc) is 2.35. The highest BCUT2D eigenvalue weighted by Gasteiger charge is 2.16. The van der Waals surface area contributed by atoms with Gasteiger partial charge >= 0.3 is 0 Å². The molecule has 0 aliphatic heterocycles. The van der Waals surface area contributed by atoms with Gasteiger partial charge in [0.25, 0.3) is 0 Å². The van der Waals surface area contributed by atoms with Crippen LogP contribution >= 0.6 is 0 Å². The van der Waals surface area contributed by atoms with Crippen molar-refractivity contribution in [2.45, 2.75) is 5.03 Å². The molecule has 0 atom stereocenters. The Bertz CT molecular complexity index is 762. The normalized spacial score (nSPS) is 11.2. The lowest BCUT2D eigenvalue weighted by molar-refractivity contribution is 0.599. The predicted octanol–water partition coefficient (Wildman–Crippen LogP) is 0.947. The molecule has 0 unspecified atom stereocenters. The van der Waals surface area contributed by atoms with Crippen LogP contribution in [0.1, 0.15) is 5.69 Å². The molecule has 0 radical (unpaired) electrons. The standard InChI is InChI=1S/C11H10N4O2S/c1-13-10-4-9-7(6-14-10)3-8(5-12)15-11(9)18(2,16)17/h3-4,6H,1-2H3,(H,13,14). The summed E-state index contributed by atoms with van der Waals surface area (Å²) in [7, 11) is -1.82. The van der Waals surface area contributed by atoms with Gasteiger partial charge in [-0.05, 0) is 12.1 Å². The fourth-order valence-electron chi connectivity index (χ4n) is 1.59. The highest BCUT2D eigenvalue weighted by Crippen LogP contribution is 2.23. The van der Waals surface area contributed by atoms with Crippen LogP contribution in [0, 0.1) is 11.3 Å². The lowest BCUT2D eigenvalue weighted by Crippen LogP contribution is -2.04. The molecule has 0 fully saturated rings. The number of pyridine rings is 2. The van der Waals surface area contributed by atoms with Crippen molar-refractivity contribution < 1.29 is 8.42 Å². The Morgan fingerprint density at radius 1 is 1.39 bits per heavy atom. The van der Waals surface area contributed by atoms with Crippen molar-refractivity contribution in [3.63, 3.8) is 0 Å². The van der Waals surface area contributed by atoms with Gasteiger partial charge in [-0.1, -0.05) is 0 Å². The van der Waals surface area contributed by atoms with E-state index < -0.39 is 9.84 Å². The van der Waals surface area contributed by atoms with Crippen molar-refractivity contribution in [3.8, 4) is 6.07 Å². The number of hydrogen-bond acceptors (Lipinski definition) is 6. The fourth-order valence-corrected chi connectivity index (χ4v) is 2.43. The molecule has 7 heteroatoms. The van der Waals surface area contributed by atoms with Crippen LogP contribution in [0.25, 0.3) is 10.8 Å². The van der Waals surface area contributed by atoms with E-state index in [-0.39, 0.29) is 10.7 Å². The maximum atomic E-state index is 11.7. The molecule has 0 aliphatic carbocycles. The van der Waals surface area contributed by atoms with Gasteiger partial charge in [-0.25, -0.2) is 18.4 Å². The monoisotopic (exact) mass is 262 g/mol. The number of nitriles is 1. The van der Waals surface area contributed by atoms with E-state index in [1.807, 2.05) is 6.07 Å². The zero-order chi connectivity index (χ0) is 13.3. The van der Waals surface area contributed by atoms with Crippen molar-refractivity contribution in [2.24, 2.45) is 0 Å². The van der Waals surface area contributed by atoms with Crippen LogP contribution in [-0.2, 0) is 9.84 Å². The van der Waals surface area contributed by atoms with Crippen LogP contribution in [-0.4, -0.2) is 31.7 Å². The lowest BCUT2D eigenvalue weighted by Gasteiger charge is -2.06. The smallest absolute Gasteiger partial charge is 0.193 e. The molecule has 0 bridgehead atoms. The van der Waals surface area contributed by atoms with Gasteiger partial charge < -0.3 is 5.32 Å². The summed E-state index contributed by atoms with van der Waals surface area (Å²) in [6.45, 7) is 0. The Kier molecular flexibility index (Phi) is 2.88. The van der Waals surface area contributed by atoms with Crippen molar-refractivity contribution >= 4 is 26.4 Å². The zero-order valence-corrected chi connectivity index (χ0v) is 10.6. The number of hydrogen-bond donors (Lipinski definition) is 1. The number of anilines is 1. The van der Waals surface area contributed by atoms with Gasteiger partial charge in [0.05, 0.1) is 0 Å². The first-order chi connectivity index (χ1) is 8.45. The third kappa shape index (κ3) is 2.10. The summed E-state index contributed by atoms with van der Waals surface area (Å²) in [4.78, 5) is 7.94. The first kappa shape index (κ1) is 12.3. The maximum Gasteiger partial charge on any atom is 0.193 e. The molecular formula is C11H10N4O2S. The van der Waals surface area contributed by atoms with Crippen LogP contribution < -0.4 is 5.32 Å². The third-order valence-corrected chi connectivity index (χ3v) is 3.41. The van der Waals surface area contributed by atoms with E-state index in [2.05, 4.69) is 15.3 Å². The number of rotatable bonds is 2. The van der Waals surface area contributed by atoms with Crippen LogP contribution in [0.4, 0.5) is 5.82 Å². The lowest BCUT2D eigenvalue weighted by atomic mass is 10.2. The topological polar surface area (TPSA) is 95.7 Å². The first-order valence-corrected chi connectivity index (χ1v) is 6.93. The second-order valence-electron chi connectivity index (χ2n) is 3.74. The number of fused-ring (bicyclic) bond motifs is 1. The Morgan fingerprint density at radius 3 is 2.67 bits per heavy atom. The van der Waals surface area contributed by atoms with E-state index in [1.165, 1.54) is 12.3 Å². The molecule has 0 spiro atoms. The van der Waals surface area contributed by atoms with E-state index >= 15 is 0 Å². The molecule has 0 aromatic carbocycles. The molecule has 0 saturated heterocycles. The summed E-state index contributed by atoms with van der Waals surface area (Å²) >= 11 is 0. The molecule has 18 heavy (non-hydrogen) atoms. The summed E-state index contributed by atoms with van der Waals surface area (Å²) in [6, 6.07) is 4.95.